The van der Waals surface area contributed by atoms with Crippen LogP contribution in [-0.2, 0) is 16.6 Å². The Hall–Kier alpha value is -2.19. The molecule has 0 spiro atoms. The number of hydrogen-bond donors (Lipinski definition) is 0. The molecule has 0 saturated heterocycles. The van der Waals surface area contributed by atoms with E-state index < -0.39 is 0 Å². The number of hydrogen-bond acceptors (Lipinski definition) is 1. The Morgan fingerprint density at radius 3 is 1.80 bits per heavy atom. The molecular formula is C23H25OS+. The van der Waals surface area contributed by atoms with Crippen LogP contribution in [0, 0.1) is 0 Å². The van der Waals surface area contributed by atoms with Crippen LogP contribution in [0.3, 0.4) is 0 Å². The quantitative estimate of drug-likeness (QED) is 0.352. The van der Waals surface area contributed by atoms with Crippen LogP contribution in [0.1, 0.15) is 25.3 Å². The normalized spacial score (nSPS) is 10.8. The molecule has 0 heterocycles. The molecule has 128 valence electrons. The second kappa shape index (κ2) is 9.33. The first kappa shape index (κ1) is 17.6. The molecule has 0 aliphatic heterocycles. The molecule has 25 heavy (non-hydrogen) atoms. The molecule has 0 aliphatic carbocycles. The molecule has 0 amide bonds. The molecule has 0 atom stereocenters. The molecule has 3 aromatic carbocycles. The third-order valence-electron chi connectivity index (χ3n) is 4.06. The van der Waals surface area contributed by atoms with Gasteiger partial charge in [0.25, 0.3) is 0 Å². The van der Waals surface area contributed by atoms with Crippen LogP contribution in [0.5, 0.6) is 5.75 Å². The van der Waals surface area contributed by atoms with E-state index in [2.05, 4.69) is 91.9 Å². The molecule has 0 aromatic heterocycles. The minimum absolute atomic E-state index is 0.0436. The molecular weight excluding hydrogens is 324 g/mol. The fourth-order valence-corrected chi connectivity index (χ4v) is 4.76. The maximum absolute atomic E-state index is 5.78. The van der Waals surface area contributed by atoms with E-state index in [9.17, 15) is 0 Å². The number of unbranched alkanes of at least 4 members (excludes halogenated alkanes) is 1. The lowest BCUT2D eigenvalue weighted by Crippen LogP contribution is -2.07. The Balaban J connectivity index is 1.77. The first-order valence-electron chi connectivity index (χ1n) is 8.89. The summed E-state index contributed by atoms with van der Waals surface area (Å²) in [5.74, 6) is 1.99. The van der Waals surface area contributed by atoms with Crippen LogP contribution in [0.4, 0.5) is 0 Å². The fraction of sp³-hybridized carbons (Fsp3) is 0.217. The Morgan fingerprint density at radius 1 is 0.720 bits per heavy atom. The molecule has 0 fully saturated rings. The summed E-state index contributed by atoms with van der Waals surface area (Å²) in [6.07, 6.45) is 2.27. The minimum atomic E-state index is 0.0436. The highest BCUT2D eigenvalue weighted by Gasteiger charge is 2.25. The van der Waals surface area contributed by atoms with Gasteiger partial charge in [-0.1, -0.05) is 61.9 Å². The van der Waals surface area contributed by atoms with E-state index in [1.54, 1.807) is 0 Å². The summed E-state index contributed by atoms with van der Waals surface area (Å²) in [5.41, 5.74) is 1.35. The molecule has 3 rings (SSSR count). The van der Waals surface area contributed by atoms with Gasteiger partial charge in [-0.3, -0.25) is 0 Å². The van der Waals surface area contributed by atoms with E-state index in [1.165, 1.54) is 15.4 Å². The summed E-state index contributed by atoms with van der Waals surface area (Å²) in [7, 11) is 0.0436. The van der Waals surface area contributed by atoms with Gasteiger partial charge in [-0.05, 0) is 42.8 Å². The Kier molecular flexibility index (Phi) is 6.58. The fourth-order valence-electron chi connectivity index (χ4n) is 2.66. The number of rotatable bonds is 8. The average Bonchev–Trinajstić information content (AvgIpc) is 2.69. The van der Waals surface area contributed by atoms with Gasteiger partial charge in [0.05, 0.1) is 17.5 Å². The molecule has 0 N–H and O–H groups in total. The lowest BCUT2D eigenvalue weighted by atomic mass is 10.2. The van der Waals surface area contributed by atoms with Crippen molar-refractivity contribution >= 4 is 10.9 Å². The lowest BCUT2D eigenvalue weighted by molar-refractivity contribution is 0.309. The van der Waals surface area contributed by atoms with Crippen LogP contribution < -0.4 is 4.74 Å². The van der Waals surface area contributed by atoms with Gasteiger partial charge in [0.2, 0.25) is 0 Å². The van der Waals surface area contributed by atoms with Crippen LogP contribution in [0.15, 0.2) is 94.7 Å². The van der Waals surface area contributed by atoms with E-state index >= 15 is 0 Å². The topological polar surface area (TPSA) is 9.23 Å². The van der Waals surface area contributed by atoms with E-state index in [0.29, 0.717) is 0 Å². The number of ether oxygens (including phenoxy) is 1. The standard InChI is InChI=1S/C23H25OS/c1-2-3-18-24-21-16-14-20(15-17-21)19-25(22-10-6-4-7-11-22)23-12-8-5-9-13-23/h4-17H,2-3,18-19H2,1H3/q+1. The molecule has 0 saturated carbocycles. The van der Waals surface area contributed by atoms with Gasteiger partial charge in [0.1, 0.15) is 11.5 Å². The van der Waals surface area contributed by atoms with Crippen LogP contribution in [-0.4, -0.2) is 6.61 Å². The van der Waals surface area contributed by atoms with Crippen molar-refractivity contribution in [1.29, 1.82) is 0 Å². The second-order valence-electron chi connectivity index (χ2n) is 6.01. The smallest absolute Gasteiger partial charge is 0.161 e. The van der Waals surface area contributed by atoms with Gasteiger partial charge in [0.15, 0.2) is 9.79 Å². The van der Waals surface area contributed by atoms with Crippen molar-refractivity contribution in [2.45, 2.75) is 35.3 Å². The summed E-state index contributed by atoms with van der Waals surface area (Å²) < 4.78 is 5.78. The van der Waals surface area contributed by atoms with E-state index in [4.69, 9.17) is 4.74 Å². The Morgan fingerprint density at radius 2 is 1.28 bits per heavy atom. The SMILES string of the molecule is CCCCOc1ccc(C[S+](c2ccccc2)c2ccccc2)cc1. The maximum atomic E-state index is 5.78. The van der Waals surface area contributed by atoms with Gasteiger partial charge >= 0.3 is 0 Å². The van der Waals surface area contributed by atoms with Crippen LogP contribution in [0.2, 0.25) is 0 Å². The van der Waals surface area contributed by atoms with Crippen LogP contribution >= 0.6 is 0 Å². The van der Waals surface area contributed by atoms with Gasteiger partial charge in [-0.15, -0.1) is 0 Å². The Labute approximate surface area is 154 Å². The van der Waals surface area contributed by atoms with Gasteiger partial charge in [-0.25, -0.2) is 0 Å². The van der Waals surface area contributed by atoms with Crippen molar-refractivity contribution in [2.75, 3.05) is 6.61 Å². The van der Waals surface area contributed by atoms with Crippen molar-refractivity contribution in [3.63, 3.8) is 0 Å². The van der Waals surface area contributed by atoms with Gasteiger partial charge in [0, 0.05) is 5.56 Å². The summed E-state index contributed by atoms with van der Waals surface area (Å²) in [4.78, 5) is 2.77. The highest BCUT2D eigenvalue weighted by Crippen LogP contribution is 2.27. The van der Waals surface area contributed by atoms with Crippen molar-refractivity contribution in [2.24, 2.45) is 0 Å². The van der Waals surface area contributed by atoms with Crippen molar-refractivity contribution < 1.29 is 4.74 Å². The molecule has 1 nitrogen and oxygen atoms in total. The number of benzene rings is 3. The predicted molar refractivity (Wildman–Crippen MR) is 107 cm³/mol. The minimum Gasteiger partial charge on any atom is -0.494 e. The zero-order valence-electron chi connectivity index (χ0n) is 14.7. The summed E-state index contributed by atoms with van der Waals surface area (Å²) in [6, 6.07) is 30.2. The van der Waals surface area contributed by atoms with E-state index in [1.807, 2.05) is 0 Å². The third-order valence-corrected chi connectivity index (χ3v) is 6.36. The van der Waals surface area contributed by atoms with Crippen molar-refractivity contribution in [3.05, 3.63) is 90.5 Å². The largest absolute Gasteiger partial charge is 0.494 e. The zero-order valence-corrected chi connectivity index (χ0v) is 15.5. The highest BCUT2D eigenvalue weighted by molar-refractivity contribution is 7.96. The molecule has 0 unspecified atom stereocenters. The Bertz CT molecular complexity index is 699. The first-order chi connectivity index (χ1) is 12.4. The highest BCUT2D eigenvalue weighted by atomic mass is 32.2. The molecule has 0 radical (unpaired) electrons. The first-order valence-corrected chi connectivity index (χ1v) is 10.3. The van der Waals surface area contributed by atoms with E-state index in [0.717, 1.165) is 31.0 Å². The molecule has 0 aliphatic rings. The summed E-state index contributed by atoms with van der Waals surface area (Å²) in [5, 5.41) is 0. The predicted octanol–water partition coefficient (Wildman–Crippen LogP) is 6.10. The van der Waals surface area contributed by atoms with Crippen molar-refractivity contribution in [1.82, 2.24) is 0 Å². The second-order valence-corrected chi connectivity index (χ2v) is 8.02. The zero-order chi connectivity index (χ0) is 17.3. The van der Waals surface area contributed by atoms with Crippen LogP contribution in [0.25, 0.3) is 0 Å². The van der Waals surface area contributed by atoms with Gasteiger partial charge < -0.3 is 4.74 Å². The lowest BCUT2D eigenvalue weighted by Gasteiger charge is -2.09. The average molecular weight is 350 g/mol. The monoisotopic (exact) mass is 349 g/mol. The third kappa shape index (κ3) is 5.14. The van der Waals surface area contributed by atoms with Gasteiger partial charge in [-0.2, -0.15) is 0 Å². The molecule has 2 heteroatoms. The van der Waals surface area contributed by atoms with E-state index in [-0.39, 0.29) is 10.9 Å². The van der Waals surface area contributed by atoms with Crippen molar-refractivity contribution in [3.8, 4) is 5.75 Å². The molecule has 0 bridgehead atoms. The summed E-state index contributed by atoms with van der Waals surface area (Å²) >= 11 is 0. The molecule has 3 aromatic rings. The summed E-state index contributed by atoms with van der Waals surface area (Å²) in [6.45, 7) is 2.98. The maximum Gasteiger partial charge on any atom is 0.161 e.